The normalized spacial score (nSPS) is 39.3. The quantitative estimate of drug-likeness (QED) is 0.403. The molecule has 0 saturated heterocycles. The molecule has 2 unspecified atom stereocenters. The number of ether oxygens (including phenoxy) is 1. The summed E-state index contributed by atoms with van der Waals surface area (Å²) in [6.45, 7) is -0.441. The molecule has 0 heterocycles. The van der Waals surface area contributed by atoms with E-state index in [2.05, 4.69) is 0 Å². The zero-order chi connectivity index (χ0) is 21.3. The lowest BCUT2D eigenvalue weighted by atomic mass is 9.39. The Hall–Kier alpha value is -0.900. The molecular weight excluding hydrogens is 416 g/mol. The number of halogens is 4. The van der Waals surface area contributed by atoms with E-state index in [0.717, 1.165) is 12.8 Å². The third kappa shape index (κ3) is 3.47. The van der Waals surface area contributed by atoms with Gasteiger partial charge in [0.1, 0.15) is 12.4 Å². The van der Waals surface area contributed by atoms with E-state index in [1.807, 2.05) is 0 Å². The smallest absolute Gasteiger partial charge is 0.312 e. The predicted octanol–water partition coefficient (Wildman–Crippen LogP) is 4.07. The first-order chi connectivity index (χ1) is 13.3. The van der Waals surface area contributed by atoms with Crippen LogP contribution in [0.15, 0.2) is 0 Å². The predicted molar refractivity (Wildman–Crippen MR) is 94.2 cm³/mol. The maximum absolute atomic E-state index is 14.0. The molecule has 1 spiro atoms. The first kappa shape index (κ1) is 21.3. The van der Waals surface area contributed by atoms with Crippen molar-refractivity contribution < 1.29 is 40.1 Å². The average molecular weight is 442 g/mol. The summed E-state index contributed by atoms with van der Waals surface area (Å²) < 4.78 is 91.6. The number of alkyl halides is 4. The monoisotopic (exact) mass is 442 g/mol. The highest BCUT2D eigenvalue weighted by atomic mass is 32.2. The fraction of sp³-hybridized carbons (Fsp3) is 0.947. The molecule has 0 aliphatic heterocycles. The van der Waals surface area contributed by atoms with Gasteiger partial charge in [-0.25, -0.2) is 0 Å². The van der Waals surface area contributed by atoms with Crippen molar-refractivity contribution in [2.75, 3.05) is 12.4 Å². The first-order valence-electron chi connectivity index (χ1n) is 10.2. The molecule has 0 aromatic carbocycles. The van der Waals surface area contributed by atoms with Gasteiger partial charge in [0, 0.05) is 12.8 Å². The van der Waals surface area contributed by atoms with Gasteiger partial charge in [-0.05, 0) is 68.1 Å². The Kier molecular flexibility index (Phi) is 4.82. The van der Waals surface area contributed by atoms with Crippen molar-refractivity contribution in [2.45, 2.75) is 69.6 Å². The Morgan fingerprint density at radius 3 is 1.93 bits per heavy atom. The summed E-state index contributed by atoms with van der Waals surface area (Å²) >= 11 is 0. The maximum atomic E-state index is 14.0. The van der Waals surface area contributed by atoms with Crippen LogP contribution in [0.4, 0.5) is 17.6 Å². The number of carbonyl (C=O) groups is 1. The minimum atomic E-state index is -4.24. The van der Waals surface area contributed by atoms with Crippen LogP contribution >= 0.6 is 0 Å². The molecule has 166 valence electrons. The Morgan fingerprint density at radius 1 is 0.931 bits per heavy atom. The zero-order valence-electron chi connectivity index (χ0n) is 16.0. The van der Waals surface area contributed by atoms with E-state index in [-0.39, 0.29) is 30.6 Å². The zero-order valence-corrected chi connectivity index (χ0v) is 16.8. The molecule has 5 fully saturated rings. The molecule has 4 bridgehead atoms. The van der Waals surface area contributed by atoms with Gasteiger partial charge in [-0.15, -0.1) is 0 Å². The average Bonchev–Trinajstić information content (AvgIpc) is 2.67. The van der Waals surface area contributed by atoms with Gasteiger partial charge in [-0.2, -0.15) is 26.0 Å². The second-order valence-electron chi connectivity index (χ2n) is 9.69. The molecule has 0 aromatic rings. The van der Waals surface area contributed by atoms with Gasteiger partial charge in [0.25, 0.3) is 10.1 Å². The SMILES string of the molecule is O=C(OCCS(=O)(=O)O)C12CC3CC(C1)C1(CCC(F)(F)C(F)(F)CC1)C(C3)C2. The largest absolute Gasteiger partial charge is 0.464 e. The number of esters is 1. The Balaban J connectivity index is 1.53. The molecule has 2 atom stereocenters. The van der Waals surface area contributed by atoms with E-state index in [9.17, 15) is 30.8 Å². The third-order valence-electron chi connectivity index (χ3n) is 8.17. The maximum Gasteiger partial charge on any atom is 0.312 e. The fourth-order valence-electron chi connectivity index (χ4n) is 6.92. The van der Waals surface area contributed by atoms with Crippen LogP contribution < -0.4 is 0 Å². The number of rotatable bonds is 4. The summed E-state index contributed by atoms with van der Waals surface area (Å²) in [7, 11) is -4.24. The van der Waals surface area contributed by atoms with E-state index < -0.39 is 64.0 Å². The van der Waals surface area contributed by atoms with Gasteiger partial charge < -0.3 is 4.74 Å². The van der Waals surface area contributed by atoms with Gasteiger partial charge in [-0.1, -0.05) is 0 Å². The summed E-state index contributed by atoms with van der Waals surface area (Å²) in [5, 5.41) is 0. The molecule has 1 N–H and O–H groups in total. The highest BCUT2D eigenvalue weighted by Gasteiger charge is 2.68. The topological polar surface area (TPSA) is 80.7 Å². The summed E-state index contributed by atoms with van der Waals surface area (Å²) in [4.78, 5) is 12.8. The first-order valence-corrected chi connectivity index (χ1v) is 11.8. The van der Waals surface area contributed by atoms with Crippen LogP contribution in [0.1, 0.15) is 57.8 Å². The van der Waals surface area contributed by atoms with Crippen LogP contribution in [0.3, 0.4) is 0 Å². The molecule has 5 aliphatic rings. The molecule has 5 saturated carbocycles. The van der Waals surface area contributed by atoms with Crippen molar-refractivity contribution in [3.8, 4) is 0 Å². The van der Waals surface area contributed by atoms with Gasteiger partial charge in [0.15, 0.2) is 0 Å². The molecular formula is C19H26F4O5S. The number of hydrogen-bond donors (Lipinski definition) is 1. The fourth-order valence-corrected chi connectivity index (χ4v) is 7.21. The molecule has 5 nitrogen and oxygen atoms in total. The van der Waals surface area contributed by atoms with Gasteiger partial charge in [0.05, 0.1) is 5.41 Å². The molecule has 0 radical (unpaired) electrons. The molecule has 29 heavy (non-hydrogen) atoms. The lowest BCUT2D eigenvalue weighted by Crippen LogP contribution is -2.59. The molecule has 10 heteroatoms. The number of hydrogen-bond acceptors (Lipinski definition) is 4. The van der Waals surface area contributed by atoms with Crippen molar-refractivity contribution >= 4 is 16.1 Å². The van der Waals surface area contributed by atoms with Crippen molar-refractivity contribution in [1.82, 2.24) is 0 Å². The second-order valence-corrected chi connectivity index (χ2v) is 11.3. The highest BCUT2D eigenvalue weighted by Crippen LogP contribution is 2.71. The molecule has 0 amide bonds. The summed E-state index contributed by atoms with van der Waals surface area (Å²) in [5.74, 6) is -9.12. The van der Waals surface area contributed by atoms with E-state index in [1.54, 1.807) is 0 Å². The number of carbonyl (C=O) groups excluding carboxylic acids is 1. The summed E-state index contributed by atoms with van der Waals surface area (Å²) in [5.41, 5.74) is -1.38. The van der Waals surface area contributed by atoms with Crippen LogP contribution in [0, 0.1) is 28.6 Å². The Morgan fingerprint density at radius 2 is 1.45 bits per heavy atom. The molecule has 0 aromatic heterocycles. The van der Waals surface area contributed by atoms with Gasteiger partial charge in [0.2, 0.25) is 0 Å². The van der Waals surface area contributed by atoms with Crippen molar-refractivity contribution in [3.05, 3.63) is 0 Å². The van der Waals surface area contributed by atoms with Crippen molar-refractivity contribution in [3.63, 3.8) is 0 Å². The standard InChI is InChI=1S/C19H26F4O5S/c20-18(21)3-1-17(2-4-19(18,22)23)13-7-12-8-14(17)11-16(9-12,10-13)15(24)28-5-6-29(25,26)27/h12-14H,1-11H2,(H,25,26,27). The lowest BCUT2D eigenvalue weighted by Gasteiger charge is -2.64. The summed E-state index contributed by atoms with van der Waals surface area (Å²) in [6, 6.07) is 0. The van der Waals surface area contributed by atoms with E-state index in [0.29, 0.717) is 19.3 Å². The van der Waals surface area contributed by atoms with Gasteiger partial charge >= 0.3 is 17.8 Å². The van der Waals surface area contributed by atoms with Crippen LogP contribution in [0.2, 0.25) is 0 Å². The minimum absolute atomic E-state index is 0.0471. The van der Waals surface area contributed by atoms with Crippen LogP contribution in [-0.4, -0.2) is 43.1 Å². The van der Waals surface area contributed by atoms with Crippen LogP contribution in [-0.2, 0) is 19.6 Å². The van der Waals surface area contributed by atoms with Gasteiger partial charge in [-0.3, -0.25) is 9.35 Å². The third-order valence-corrected chi connectivity index (χ3v) is 8.85. The lowest BCUT2D eigenvalue weighted by molar-refractivity contribution is -0.210. The van der Waals surface area contributed by atoms with E-state index >= 15 is 0 Å². The van der Waals surface area contributed by atoms with Crippen LogP contribution in [0.5, 0.6) is 0 Å². The van der Waals surface area contributed by atoms with E-state index in [1.165, 1.54) is 0 Å². The summed E-state index contributed by atoms with van der Waals surface area (Å²) in [6.07, 6.45) is 1.39. The highest BCUT2D eigenvalue weighted by molar-refractivity contribution is 7.85. The Labute approximate surface area is 167 Å². The molecule has 5 rings (SSSR count). The van der Waals surface area contributed by atoms with Crippen LogP contribution in [0.25, 0.3) is 0 Å². The minimum Gasteiger partial charge on any atom is -0.464 e. The van der Waals surface area contributed by atoms with Crippen molar-refractivity contribution in [2.24, 2.45) is 28.6 Å². The molecule has 5 aliphatic carbocycles. The van der Waals surface area contributed by atoms with E-state index in [4.69, 9.17) is 9.29 Å². The Bertz CT molecular complexity index is 760. The van der Waals surface area contributed by atoms with Crippen molar-refractivity contribution in [1.29, 1.82) is 0 Å². The second kappa shape index (κ2) is 6.55.